The highest BCUT2D eigenvalue weighted by Gasteiger charge is 2.26. The molecule has 0 spiro atoms. The van der Waals surface area contributed by atoms with E-state index >= 15 is 0 Å². The van der Waals surface area contributed by atoms with Gasteiger partial charge in [0.05, 0.1) is 18.4 Å². The van der Waals surface area contributed by atoms with Gasteiger partial charge in [0.25, 0.3) is 5.91 Å². The van der Waals surface area contributed by atoms with Crippen LogP contribution in [0.15, 0.2) is 54.6 Å². The third-order valence-electron chi connectivity index (χ3n) is 7.57. The molecular weight excluding hydrogens is 638 g/mol. The molecule has 2 atom stereocenters. The van der Waals surface area contributed by atoms with Crippen molar-refractivity contribution in [2.24, 2.45) is 5.92 Å². The maximum Gasteiger partial charge on any atom is 0.408 e. The van der Waals surface area contributed by atoms with Gasteiger partial charge in [0.1, 0.15) is 11.2 Å². The molecule has 0 radical (unpaired) electrons. The van der Waals surface area contributed by atoms with E-state index in [-0.39, 0.29) is 25.0 Å². The van der Waals surface area contributed by atoms with Crippen molar-refractivity contribution < 1.29 is 38.3 Å². The first-order valence-electron chi connectivity index (χ1n) is 17.6. The van der Waals surface area contributed by atoms with Crippen LogP contribution in [-0.4, -0.2) is 53.6 Å². The van der Waals surface area contributed by atoms with Gasteiger partial charge in [-0.1, -0.05) is 61.5 Å². The van der Waals surface area contributed by atoms with Gasteiger partial charge in [0.2, 0.25) is 0 Å². The van der Waals surface area contributed by atoms with E-state index in [4.69, 9.17) is 14.3 Å². The molecule has 2 aromatic rings. The third-order valence-corrected chi connectivity index (χ3v) is 7.57. The van der Waals surface area contributed by atoms with Gasteiger partial charge in [0, 0.05) is 13.0 Å². The first kappa shape index (κ1) is 41.8. The van der Waals surface area contributed by atoms with Crippen molar-refractivity contribution in [2.75, 3.05) is 6.54 Å². The van der Waals surface area contributed by atoms with Gasteiger partial charge >= 0.3 is 18.2 Å². The maximum absolute atomic E-state index is 13.1. The summed E-state index contributed by atoms with van der Waals surface area (Å²) in [4.78, 5) is 67.5. The Morgan fingerprint density at radius 3 is 1.84 bits per heavy atom. The number of amides is 3. The van der Waals surface area contributed by atoms with Crippen LogP contribution in [0.2, 0.25) is 0 Å². The van der Waals surface area contributed by atoms with E-state index in [0.29, 0.717) is 25.8 Å². The number of aryl methyl sites for hydroxylation is 2. The normalized spacial score (nSPS) is 12.6. The zero-order valence-electron chi connectivity index (χ0n) is 30.9. The molecule has 0 aromatic heterocycles. The molecule has 0 fully saturated rings. The molecular formula is C39H57N3O8. The summed E-state index contributed by atoms with van der Waals surface area (Å²) in [5.74, 6) is -2.07. The molecule has 3 amide bonds. The number of unbranched alkanes of at least 4 members (excludes halogenated alkanes) is 2. The van der Waals surface area contributed by atoms with Gasteiger partial charge in [0.15, 0.2) is 5.78 Å². The SMILES string of the molecule is C[C@@H](CCC(=O)[C@H](CCCCNC(=O)OC(C)(C)C)NC(=O)OC(C)(C)C)C(=O)ONC(=O)Cc1ccc(CCCCc2ccccc2)cc1. The molecule has 50 heavy (non-hydrogen) atoms. The Hall–Kier alpha value is -4.41. The fourth-order valence-corrected chi connectivity index (χ4v) is 4.95. The van der Waals surface area contributed by atoms with Crippen LogP contribution in [0.4, 0.5) is 9.59 Å². The summed E-state index contributed by atoms with van der Waals surface area (Å²) in [5.41, 5.74) is 4.21. The molecule has 0 saturated carbocycles. The summed E-state index contributed by atoms with van der Waals surface area (Å²) in [6, 6.07) is 17.4. The van der Waals surface area contributed by atoms with Gasteiger partial charge in [-0.2, -0.15) is 5.48 Å². The maximum atomic E-state index is 13.1. The summed E-state index contributed by atoms with van der Waals surface area (Å²) in [6.45, 7) is 12.5. The minimum absolute atomic E-state index is 0.000555. The largest absolute Gasteiger partial charge is 0.444 e. The number of Topliss-reactive ketones (excluding diaryl/α,β-unsaturated/α-hetero) is 1. The van der Waals surface area contributed by atoms with Crippen LogP contribution < -0.4 is 16.1 Å². The second-order valence-corrected chi connectivity index (χ2v) is 14.7. The predicted octanol–water partition coefficient (Wildman–Crippen LogP) is 6.94. The van der Waals surface area contributed by atoms with Crippen LogP contribution in [0.25, 0.3) is 0 Å². The third kappa shape index (κ3) is 19.0. The average molecular weight is 696 g/mol. The number of hydroxylamine groups is 1. The number of rotatable bonds is 18. The Bertz CT molecular complexity index is 1360. The molecule has 0 unspecified atom stereocenters. The van der Waals surface area contributed by atoms with Gasteiger partial charge < -0.3 is 24.9 Å². The fraction of sp³-hybridized carbons (Fsp3) is 0.564. The zero-order valence-corrected chi connectivity index (χ0v) is 30.9. The lowest BCUT2D eigenvalue weighted by atomic mass is 9.97. The first-order valence-corrected chi connectivity index (χ1v) is 17.6. The number of ether oxygens (including phenoxy) is 2. The number of alkyl carbamates (subject to hydrolysis) is 2. The Kier molecular flexibility index (Phi) is 17.5. The highest BCUT2D eigenvalue weighted by atomic mass is 16.7. The highest BCUT2D eigenvalue weighted by molar-refractivity contribution is 5.88. The number of carbonyl (C=O) groups excluding carboxylic acids is 5. The highest BCUT2D eigenvalue weighted by Crippen LogP contribution is 2.15. The van der Waals surface area contributed by atoms with Crippen molar-refractivity contribution in [3.63, 3.8) is 0 Å². The number of hydrogen-bond donors (Lipinski definition) is 3. The van der Waals surface area contributed by atoms with E-state index in [1.54, 1.807) is 48.5 Å². The van der Waals surface area contributed by atoms with Crippen LogP contribution in [0.5, 0.6) is 0 Å². The Morgan fingerprint density at radius 1 is 0.680 bits per heavy atom. The predicted molar refractivity (Wildman–Crippen MR) is 192 cm³/mol. The van der Waals surface area contributed by atoms with Crippen molar-refractivity contribution >= 4 is 29.8 Å². The van der Waals surface area contributed by atoms with Crippen LogP contribution in [0.1, 0.15) is 110 Å². The fourth-order valence-electron chi connectivity index (χ4n) is 4.95. The Balaban J connectivity index is 1.75. The summed E-state index contributed by atoms with van der Waals surface area (Å²) < 4.78 is 10.6. The minimum Gasteiger partial charge on any atom is -0.444 e. The lowest BCUT2D eigenvalue weighted by molar-refractivity contribution is -0.161. The van der Waals surface area contributed by atoms with Crippen molar-refractivity contribution in [2.45, 2.75) is 130 Å². The van der Waals surface area contributed by atoms with E-state index in [1.165, 1.54) is 11.1 Å². The molecule has 3 N–H and O–H groups in total. The van der Waals surface area contributed by atoms with Crippen molar-refractivity contribution in [1.29, 1.82) is 0 Å². The summed E-state index contributed by atoms with van der Waals surface area (Å²) >= 11 is 0. The van der Waals surface area contributed by atoms with Gasteiger partial charge in [-0.25, -0.2) is 14.4 Å². The summed E-state index contributed by atoms with van der Waals surface area (Å²) in [5, 5.41) is 5.32. The summed E-state index contributed by atoms with van der Waals surface area (Å²) in [7, 11) is 0. The number of nitrogens with one attached hydrogen (secondary N) is 3. The van der Waals surface area contributed by atoms with E-state index in [2.05, 4.69) is 40.4 Å². The van der Waals surface area contributed by atoms with E-state index in [0.717, 1.165) is 31.2 Å². The van der Waals surface area contributed by atoms with Gasteiger partial charge in [-0.3, -0.25) is 9.59 Å². The van der Waals surface area contributed by atoms with Crippen molar-refractivity contribution in [1.82, 2.24) is 16.1 Å². The lowest BCUT2D eigenvalue weighted by Crippen LogP contribution is -2.43. The van der Waals surface area contributed by atoms with E-state index in [1.807, 2.05) is 30.3 Å². The second kappa shape index (κ2) is 21.0. The molecule has 11 nitrogen and oxygen atoms in total. The Morgan fingerprint density at radius 2 is 1.24 bits per heavy atom. The number of ketones is 1. The monoisotopic (exact) mass is 695 g/mol. The quantitative estimate of drug-likeness (QED) is 0.0863. The van der Waals surface area contributed by atoms with Gasteiger partial charge in [-0.05, 0) is 110 Å². The molecule has 276 valence electrons. The first-order chi connectivity index (χ1) is 23.5. The molecule has 2 aromatic carbocycles. The van der Waals surface area contributed by atoms with Crippen LogP contribution in [0.3, 0.4) is 0 Å². The van der Waals surface area contributed by atoms with Crippen molar-refractivity contribution in [3.05, 3.63) is 71.3 Å². The molecule has 0 aliphatic rings. The molecule has 0 bridgehead atoms. The zero-order chi connectivity index (χ0) is 37.2. The van der Waals surface area contributed by atoms with E-state index in [9.17, 15) is 24.0 Å². The molecule has 11 heteroatoms. The number of carbonyl (C=O) groups is 5. The molecule has 0 aliphatic heterocycles. The average Bonchev–Trinajstić information content (AvgIpc) is 3.03. The minimum atomic E-state index is -0.838. The smallest absolute Gasteiger partial charge is 0.408 e. The standard InChI is InChI=1S/C39H57N3O8/c1-28(20-25-33(43)32(41-37(47)49-39(5,6)7)19-13-14-26-40-36(46)48-38(2,3)4)35(45)50-42-34(44)27-31-23-21-30(22-24-31)18-12-11-17-29-15-9-8-10-16-29/h8-10,15-16,21-24,28,32H,11-14,17-20,25-27H2,1-7H3,(H,40,46)(H,41,47)(H,42,44)/t28-,32-/m0/s1. The second-order valence-electron chi connectivity index (χ2n) is 14.7. The van der Waals surface area contributed by atoms with Crippen LogP contribution in [0, 0.1) is 5.92 Å². The lowest BCUT2D eigenvalue weighted by Gasteiger charge is -2.23. The topological polar surface area (TPSA) is 149 Å². The Labute approximate surface area is 297 Å². The molecule has 0 heterocycles. The molecule has 0 saturated heterocycles. The van der Waals surface area contributed by atoms with E-state index < -0.39 is 47.2 Å². The van der Waals surface area contributed by atoms with Crippen molar-refractivity contribution in [3.8, 4) is 0 Å². The number of hydrogen-bond acceptors (Lipinski definition) is 8. The van der Waals surface area contributed by atoms with Crippen LogP contribution in [-0.2, 0) is 48.0 Å². The van der Waals surface area contributed by atoms with Crippen LogP contribution >= 0.6 is 0 Å². The van der Waals surface area contributed by atoms with Gasteiger partial charge in [-0.15, -0.1) is 0 Å². The summed E-state index contributed by atoms with van der Waals surface area (Å²) in [6.07, 6.45) is 4.57. The molecule has 0 aliphatic carbocycles. The molecule has 2 rings (SSSR count). The number of benzene rings is 2.